The minimum atomic E-state index is -3.91. The highest BCUT2D eigenvalue weighted by molar-refractivity contribution is 7.92. The Morgan fingerprint density at radius 2 is 1.79 bits per heavy atom. The maximum Gasteiger partial charge on any atom is 0.244 e. The molecule has 2 aromatic carbocycles. The molecular weight excluding hydrogens is 481 g/mol. The van der Waals surface area contributed by atoms with E-state index in [1.54, 1.807) is 31.2 Å². The first kappa shape index (κ1) is 26.0. The summed E-state index contributed by atoms with van der Waals surface area (Å²) in [5.74, 6) is -1.51. The molecule has 10 heteroatoms. The molecule has 1 saturated carbocycles. The lowest BCUT2D eigenvalue weighted by Crippen LogP contribution is -2.52. The van der Waals surface area contributed by atoms with Crippen LogP contribution >= 0.6 is 11.6 Å². The molecule has 0 aliphatic heterocycles. The van der Waals surface area contributed by atoms with Crippen molar-refractivity contribution in [2.45, 2.75) is 51.2 Å². The summed E-state index contributed by atoms with van der Waals surface area (Å²) < 4.78 is 39.6. The van der Waals surface area contributed by atoms with Gasteiger partial charge in [-0.1, -0.05) is 42.6 Å². The number of amides is 2. The van der Waals surface area contributed by atoms with Gasteiger partial charge in [-0.2, -0.15) is 0 Å². The van der Waals surface area contributed by atoms with Crippen LogP contribution in [0.25, 0.3) is 0 Å². The van der Waals surface area contributed by atoms with E-state index in [0.29, 0.717) is 5.02 Å². The minimum absolute atomic E-state index is 0.0327. The number of carbonyl (C=O) groups excluding carboxylic acids is 2. The molecule has 0 spiro atoms. The summed E-state index contributed by atoms with van der Waals surface area (Å²) in [6, 6.07) is 11.1. The van der Waals surface area contributed by atoms with E-state index in [4.69, 9.17) is 11.6 Å². The fraction of sp³-hybridized carbons (Fsp3) is 0.417. The number of benzene rings is 2. The van der Waals surface area contributed by atoms with Crippen molar-refractivity contribution in [1.29, 1.82) is 0 Å². The topological polar surface area (TPSA) is 86.8 Å². The first-order chi connectivity index (χ1) is 16.0. The number of halogens is 2. The standard InChI is InChI=1S/C24H29ClFN3O4S/c1-17(24(31)27-21-7-3-4-8-21)28(15-18-10-12-19(25)13-11-18)23(30)16-29(34(2,32)33)22-9-5-6-20(26)14-22/h5-6,9-14,17,21H,3-4,7-8,15-16H2,1-2H3,(H,27,31)/t17-/m0/s1. The van der Waals surface area contributed by atoms with Crippen molar-refractivity contribution in [3.63, 3.8) is 0 Å². The zero-order valence-electron chi connectivity index (χ0n) is 19.2. The second-order valence-electron chi connectivity index (χ2n) is 8.56. The molecule has 0 unspecified atom stereocenters. The average Bonchev–Trinajstić information content (AvgIpc) is 3.28. The lowest BCUT2D eigenvalue weighted by atomic mass is 10.1. The summed E-state index contributed by atoms with van der Waals surface area (Å²) in [5.41, 5.74) is 0.764. The fourth-order valence-corrected chi connectivity index (χ4v) is 4.97. The van der Waals surface area contributed by atoms with Crippen LogP contribution in [0.2, 0.25) is 5.02 Å². The van der Waals surface area contributed by atoms with Crippen LogP contribution in [0.1, 0.15) is 38.2 Å². The molecule has 1 fully saturated rings. The maximum absolute atomic E-state index is 13.8. The van der Waals surface area contributed by atoms with Crippen LogP contribution in [0.15, 0.2) is 48.5 Å². The number of sulfonamides is 1. The number of hydrogen-bond acceptors (Lipinski definition) is 4. The Labute approximate surface area is 204 Å². The molecule has 0 saturated heterocycles. The van der Waals surface area contributed by atoms with Crippen LogP contribution in [0.5, 0.6) is 0 Å². The minimum Gasteiger partial charge on any atom is -0.352 e. The second kappa shape index (κ2) is 11.2. The zero-order valence-corrected chi connectivity index (χ0v) is 20.8. The summed E-state index contributed by atoms with van der Waals surface area (Å²) in [6.45, 7) is 1.12. The van der Waals surface area contributed by atoms with Crippen molar-refractivity contribution in [2.75, 3.05) is 17.1 Å². The smallest absolute Gasteiger partial charge is 0.244 e. The monoisotopic (exact) mass is 509 g/mol. The number of rotatable bonds is 9. The molecule has 0 heterocycles. The quantitative estimate of drug-likeness (QED) is 0.558. The number of hydrogen-bond donors (Lipinski definition) is 1. The normalized spacial score (nSPS) is 15.1. The molecule has 1 aliphatic rings. The Morgan fingerprint density at radius 1 is 1.15 bits per heavy atom. The summed E-state index contributed by atoms with van der Waals surface area (Å²) in [4.78, 5) is 27.8. The van der Waals surface area contributed by atoms with Gasteiger partial charge in [0.2, 0.25) is 21.8 Å². The maximum atomic E-state index is 13.8. The molecular formula is C24H29ClFN3O4S. The van der Waals surface area contributed by atoms with E-state index in [0.717, 1.165) is 47.9 Å². The van der Waals surface area contributed by atoms with Gasteiger partial charge in [-0.15, -0.1) is 0 Å². The predicted octanol–water partition coefficient (Wildman–Crippen LogP) is 3.72. The van der Waals surface area contributed by atoms with E-state index in [9.17, 15) is 22.4 Å². The summed E-state index contributed by atoms with van der Waals surface area (Å²) >= 11 is 5.97. The molecule has 2 amide bonds. The number of carbonyl (C=O) groups is 2. The number of nitrogens with one attached hydrogen (secondary N) is 1. The van der Waals surface area contributed by atoms with E-state index in [1.165, 1.54) is 23.1 Å². The predicted molar refractivity (Wildman–Crippen MR) is 130 cm³/mol. The Morgan fingerprint density at radius 3 is 2.38 bits per heavy atom. The SMILES string of the molecule is C[C@@H](C(=O)NC1CCCC1)N(Cc1ccc(Cl)cc1)C(=O)CN(c1cccc(F)c1)S(C)(=O)=O. The van der Waals surface area contributed by atoms with Crippen molar-refractivity contribution >= 4 is 39.1 Å². The van der Waals surface area contributed by atoms with E-state index >= 15 is 0 Å². The van der Waals surface area contributed by atoms with Crippen LogP contribution in [0.3, 0.4) is 0 Å². The summed E-state index contributed by atoms with van der Waals surface area (Å²) in [7, 11) is -3.91. The molecule has 184 valence electrons. The molecule has 2 aromatic rings. The van der Waals surface area contributed by atoms with Crippen molar-refractivity contribution in [3.8, 4) is 0 Å². The molecule has 3 rings (SSSR count). The highest BCUT2D eigenvalue weighted by atomic mass is 35.5. The van der Waals surface area contributed by atoms with Crippen LogP contribution in [-0.2, 0) is 26.2 Å². The van der Waals surface area contributed by atoms with E-state index in [-0.39, 0.29) is 24.2 Å². The lowest BCUT2D eigenvalue weighted by Gasteiger charge is -2.32. The van der Waals surface area contributed by atoms with Gasteiger partial charge >= 0.3 is 0 Å². The van der Waals surface area contributed by atoms with Gasteiger partial charge in [-0.05, 0) is 55.7 Å². The van der Waals surface area contributed by atoms with Gasteiger partial charge in [0.15, 0.2) is 0 Å². The third-order valence-electron chi connectivity index (χ3n) is 5.91. The van der Waals surface area contributed by atoms with E-state index < -0.39 is 34.3 Å². The first-order valence-electron chi connectivity index (χ1n) is 11.1. The van der Waals surface area contributed by atoms with Crippen molar-refractivity contribution in [2.24, 2.45) is 0 Å². The lowest BCUT2D eigenvalue weighted by molar-refractivity contribution is -0.139. The van der Waals surface area contributed by atoms with E-state index in [2.05, 4.69) is 5.32 Å². The first-order valence-corrected chi connectivity index (χ1v) is 13.3. The Hall–Kier alpha value is -2.65. The van der Waals surface area contributed by atoms with Crippen molar-refractivity contribution in [1.82, 2.24) is 10.2 Å². The van der Waals surface area contributed by atoms with Crippen LogP contribution in [0.4, 0.5) is 10.1 Å². The molecule has 1 aliphatic carbocycles. The van der Waals surface area contributed by atoms with Gasteiger partial charge in [0.1, 0.15) is 18.4 Å². The molecule has 34 heavy (non-hydrogen) atoms. The zero-order chi connectivity index (χ0) is 24.9. The highest BCUT2D eigenvalue weighted by Gasteiger charge is 2.31. The van der Waals surface area contributed by atoms with Crippen molar-refractivity contribution < 1.29 is 22.4 Å². The van der Waals surface area contributed by atoms with Gasteiger partial charge < -0.3 is 10.2 Å². The Bertz CT molecular complexity index is 1120. The van der Waals surface area contributed by atoms with E-state index in [1.807, 2.05) is 0 Å². The van der Waals surface area contributed by atoms with Gasteiger partial charge in [0.25, 0.3) is 0 Å². The molecule has 0 bridgehead atoms. The third kappa shape index (κ3) is 6.93. The number of nitrogens with zero attached hydrogens (tertiary/aromatic N) is 2. The molecule has 0 radical (unpaired) electrons. The molecule has 0 aromatic heterocycles. The summed E-state index contributed by atoms with van der Waals surface area (Å²) in [5, 5.41) is 3.53. The third-order valence-corrected chi connectivity index (χ3v) is 7.30. The summed E-state index contributed by atoms with van der Waals surface area (Å²) in [6.07, 6.45) is 4.83. The van der Waals surface area contributed by atoms with Crippen molar-refractivity contribution in [3.05, 3.63) is 64.9 Å². The van der Waals surface area contributed by atoms with Crippen LogP contribution < -0.4 is 9.62 Å². The average molecular weight is 510 g/mol. The number of anilines is 1. The molecule has 1 N–H and O–H groups in total. The van der Waals surface area contributed by atoms with Crippen LogP contribution in [0, 0.1) is 5.82 Å². The highest BCUT2D eigenvalue weighted by Crippen LogP contribution is 2.21. The fourth-order valence-electron chi connectivity index (χ4n) is 4.01. The van der Waals surface area contributed by atoms with Gasteiger partial charge in [-0.25, -0.2) is 12.8 Å². The largest absolute Gasteiger partial charge is 0.352 e. The Kier molecular flexibility index (Phi) is 8.54. The Balaban J connectivity index is 1.87. The molecule has 7 nitrogen and oxygen atoms in total. The van der Waals surface area contributed by atoms with Gasteiger partial charge in [-0.3, -0.25) is 13.9 Å². The second-order valence-corrected chi connectivity index (χ2v) is 10.9. The van der Waals surface area contributed by atoms with Gasteiger partial charge in [0, 0.05) is 17.6 Å². The molecule has 1 atom stereocenters. The van der Waals surface area contributed by atoms with Crippen LogP contribution in [-0.4, -0.2) is 50.0 Å². The van der Waals surface area contributed by atoms with Gasteiger partial charge in [0.05, 0.1) is 11.9 Å².